The van der Waals surface area contributed by atoms with Crippen molar-refractivity contribution < 1.29 is 9.59 Å². The van der Waals surface area contributed by atoms with E-state index in [0.29, 0.717) is 17.8 Å². The third kappa shape index (κ3) is 3.62. The standard InChI is InChI=1S/C16H21N3O2S/c1-10-6-8-22-14(10)5-7-17-15(21)9-19-12(3)16(13(4)20)11(2)18-19/h6,8H,5,7,9H2,1-4H3,(H,17,21). The summed E-state index contributed by atoms with van der Waals surface area (Å²) in [4.78, 5) is 24.9. The zero-order chi connectivity index (χ0) is 16.3. The van der Waals surface area contributed by atoms with E-state index in [2.05, 4.69) is 28.8 Å². The predicted molar refractivity (Wildman–Crippen MR) is 87.5 cm³/mol. The summed E-state index contributed by atoms with van der Waals surface area (Å²) >= 11 is 1.71. The Hall–Kier alpha value is -1.95. The molecule has 0 aliphatic rings. The molecule has 22 heavy (non-hydrogen) atoms. The van der Waals surface area contributed by atoms with Crippen LogP contribution in [0, 0.1) is 20.8 Å². The minimum Gasteiger partial charge on any atom is -0.354 e. The zero-order valence-electron chi connectivity index (χ0n) is 13.4. The van der Waals surface area contributed by atoms with Crippen LogP contribution in [-0.2, 0) is 17.8 Å². The molecule has 2 heterocycles. The second kappa shape index (κ2) is 6.87. The number of nitrogens with zero attached hydrogens (tertiary/aromatic N) is 2. The van der Waals surface area contributed by atoms with Crippen molar-refractivity contribution in [2.45, 2.75) is 40.7 Å². The molecule has 0 aliphatic carbocycles. The number of thiophene rings is 1. The smallest absolute Gasteiger partial charge is 0.241 e. The second-order valence-corrected chi connectivity index (χ2v) is 6.39. The summed E-state index contributed by atoms with van der Waals surface area (Å²) in [5, 5.41) is 9.25. The second-order valence-electron chi connectivity index (χ2n) is 5.39. The van der Waals surface area contributed by atoms with Crippen molar-refractivity contribution in [3.8, 4) is 0 Å². The number of Topliss-reactive ketones (excluding diaryl/α,β-unsaturated/α-hetero) is 1. The van der Waals surface area contributed by atoms with E-state index in [-0.39, 0.29) is 18.2 Å². The monoisotopic (exact) mass is 319 g/mol. The molecule has 0 fully saturated rings. The molecule has 5 nitrogen and oxygen atoms in total. The SMILES string of the molecule is CC(=O)c1c(C)nn(CC(=O)NCCc2sccc2C)c1C. The first-order valence-corrected chi connectivity index (χ1v) is 8.12. The summed E-state index contributed by atoms with van der Waals surface area (Å²) in [5.74, 6) is -0.107. The Kier molecular flexibility index (Phi) is 5.13. The lowest BCUT2D eigenvalue weighted by atomic mass is 10.1. The molecule has 0 radical (unpaired) electrons. The maximum absolute atomic E-state index is 12.0. The molecule has 1 amide bonds. The minimum atomic E-state index is -0.0880. The lowest BCUT2D eigenvalue weighted by molar-refractivity contribution is -0.121. The average Bonchev–Trinajstić information content (AvgIpc) is 2.94. The van der Waals surface area contributed by atoms with Crippen LogP contribution >= 0.6 is 11.3 Å². The fourth-order valence-corrected chi connectivity index (χ4v) is 3.44. The van der Waals surface area contributed by atoms with Crippen LogP contribution in [0.4, 0.5) is 0 Å². The van der Waals surface area contributed by atoms with Gasteiger partial charge in [-0.2, -0.15) is 5.10 Å². The molecule has 0 bridgehead atoms. The molecule has 0 aliphatic heterocycles. The fourth-order valence-electron chi connectivity index (χ4n) is 2.53. The van der Waals surface area contributed by atoms with Gasteiger partial charge in [0.15, 0.2) is 5.78 Å². The van der Waals surface area contributed by atoms with Crippen molar-refractivity contribution in [1.82, 2.24) is 15.1 Å². The molecule has 1 N–H and O–H groups in total. The number of aromatic nitrogens is 2. The molecule has 0 saturated heterocycles. The third-order valence-electron chi connectivity index (χ3n) is 3.67. The van der Waals surface area contributed by atoms with E-state index in [0.717, 1.165) is 12.1 Å². The maximum Gasteiger partial charge on any atom is 0.241 e. The van der Waals surface area contributed by atoms with E-state index in [1.165, 1.54) is 17.4 Å². The average molecular weight is 319 g/mol. The summed E-state index contributed by atoms with van der Waals surface area (Å²) < 4.78 is 1.60. The van der Waals surface area contributed by atoms with Gasteiger partial charge in [0.05, 0.1) is 11.3 Å². The molecule has 2 aromatic heterocycles. The van der Waals surface area contributed by atoms with Crippen molar-refractivity contribution in [1.29, 1.82) is 0 Å². The normalized spacial score (nSPS) is 10.7. The van der Waals surface area contributed by atoms with Gasteiger partial charge in [-0.25, -0.2) is 0 Å². The molecule has 118 valence electrons. The molecule has 2 aromatic rings. The molecule has 0 saturated carbocycles. The predicted octanol–water partition coefficient (Wildman–Crippen LogP) is 2.43. The molecule has 0 unspecified atom stereocenters. The van der Waals surface area contributed by atoms with Gasteiger partial charge < -0.3 is 5.32 Å². The first-order chi connectivity index (χ1) is 10.4. The molecule has 6 heteroatoms. The van der Waals surface area contributed by atoms with E-state index in [1.54, 1.807) is 22.9 Å². The number of carbonyl (C=O) groups is 2. The topological polar surface area (TPSA) is 64.0 Å². The summed E-state index contributed by atoms with van der Waals surface area (Å²) in [6.45, 7) is 7.96. The number of hydrogen-bond donors (Lipinski definition) is 1. The largest absolute Gasteiger partial charge is 0.354 e. The zero-order valence-corrected chi connectivity index (χ0v) is 14.2. The minimum absolute atomic E-state index is 0.0187. The Labute approximate surface area is 134 Å². The van der Waals surface area contributed by atoms with E-state index in [4.69, 9.17) is 0 Å². The molecule has 2 rings (SSSR count). The van der Waals surface area contributed by atoms with Gasteiger partial charge in [0.2, 0.25) is 5.91 Å². The molecule has 0 aromatic carbocycles. The van der Waals surface area contributed by atoms with Crippen LogP contribution in [0.2, 0.25) is 0 Å². The Morgan fingerprint density at radius 1 is 1.32 bits per heavy atom. The first kappa shape index (κ1) is 16.4. The van der Waals surface area contributed by atoms with Gasteiger partial charge in [0, 0.05) is 17.1 Å². The van der Waals surface area contributed by atoms with Crippen molar-refractivity contribution >= 4 is 23.0 Å². The Balaban J connectivity index is 1.91. The number of nitrogens with one attached hydrogen (secondary N) is 1. The highest BCUT2D eigenvalue weighted by atomic mass is 32.1. The van der Waals surface area contributed by atoms with Gasteiger partial charge in [0.25, 0.3) is 0 Å². The van der Waals surface area contributed by atoms with Gasteiger partial charge >= 0.3 is 0 Å². The van der Waals surface area contributed by atoms with E-state index in [9.17, 15) is 9.59 Å². The summed E-state index contributed by atoms with van der Waals surface area (Å²) in [5.41, 5.74) is 3.30. The molecule has 0 spiro atoms. The van der Waals surface area contributed by atoms with Crippen LogP contribution in [0.1, 0.15) is 39.1 Å². The van der Waals surface area contributed by atoms with Gasteiger partial charge in [0.1, 0.15) is 6.54 Å². The maximum atomic E-state index is 12.0. The van der Waals surface area contributed by atoms with Crippen LogP contribution < -0.4 is 5.32 Å². The quantitative estimate of drug-likeness (QED) is 0.832. The van der Waals surface area contributed by atoms with Crippen molar-refractivity contribution in [2.24, 2.45) is 0 Å². The number of amides is 1. The number of carbonyl (C=O) groups excluding carboxylic acids is 2. The third-order valence-corrected chi connectivity index (χ3v) is 4.75. The fraction of sp³-hybridized carbons (Fsp3) is 0.438. The first-order valence-electron chi connectivity index (χ1n) is 7.24. The molecular formula is C16H21N3O2S. The van der Waals surface area contributed by atoms with E-state index in [1.807, 2.05) is 6.92 Å². The highest BCUT2D eigenvalue weighted by molar-refractivity contribution is 7.10. The van der Waals surface area contributed by atoms with Crippen LogP contribution in [0.25, 0.3) is 0 Å². The number of aryl methyl sites for hydroxylation is 2. The van der Waals surface area contributed by atoms with E-state index >= 15 is 0 Å². The van der Waals surface area contributed by atoms with Crippen LogP contribution in [0.15, 0.2) is 11.4 Å². The van der Waals surface area contributed by atoms with Gasteiger partial charge in [-0.1, -0.05) is 0 Å². The van der Waals surface area contributed by atoms with Gasteiger partial charge in [-0.15, -0.1) is 11.3 Å². The Morgan fingerprint density at radius 2 is 2.05 bits per heavy atom. The number of ketones is 1. The summed E-state index contributed by atoms with van der Waals surface area (Å²) in [6.07, 6.45) is 0.838. The van der Waals surface area contributed by atoms with Gasteiger partial charge in [-0.05, 0) is 51.1 Å². The van der Waals surface area contributed by atoms with Gasteiger partial charge in [-0.3, -0.25) is 14.3 Å². The van der Waals surface area contributed by atoms with Crippen LogP contribution in [-0.4, -0.2) is 28.0 Å². The van der Waals surface area contributed by atoms with Crippen molar-refractivity contribution in [2.75, 3.05) is 6.54 Å². The van der Waals surface area contributed by atoms with Crippen LogP contribution in [0.5, 0.6) is 0 Å². The molecule has 0 atom stereocenters. The summed E-state index contributed by atoms with van der Waals surface area (Å²) in [7, 11) is 0. The van der Waals surface area contributed by atoms with Crippen LogP contribution in [0.3, 0.4) is 0 Å². The lowest BCUT2D eigenvalue weighted by Crippen LogP contribution is -2.30. The lowest BCUT2D eigenvalue weighted by Gasteiger charge is -2.07. The van der Waals surface area contributed by atoms with Crippen molar-refractivity contribution in [3.63, 3.8) is 0 Å². The molecular weight excluding hydrogens is 298 g/mol. The highest BCUT2D eigenvalue weighted by Crippen LogP contribution is 2.15. The Morgan fingerprint density at radius 3 is 2.59 bits per heavy atom. The van der Waals surface area contributed by atoms with E-state index < -0.39 is 0 Å². The Bertz CT molecular complexity index is 700. The number of rotatable bonds is 6. The highest BCUT2D eigenvalue weighted by Gasteiger charge is 2.16. The van der Waals surface area contributed by atoms with Crippen molar-refractivity contribution in [3.05, 3.63) is 38.8 Å². The summed E-state index contributed by atoms with van der Waals surface area (Å²) in [6, 6.07) is 2.08. The number of hydrogen-bond acceptors (Lipinski definition) is 4.